The van der Waals surface area contributed by atoms with Gasteiger partial charge in [0.15, 0.2) is 6.61 Å². The second-order valence-corrected chi connectivity index (χ2v) is 8.28. The van der Waals surface area contributed by atoms with Gasteiger partial charge in [-0.3, -0.25) is 9.59 Å². The number of benzene rings is 2. The van der Waals surface area contributed by atoms with Gasteiger partial charge in [-0.2, -0.15) is 0 Å². The lowest BCUT2D eigenvalue weighted by molar-refractivity contribution is -0.138. The molecule has 3 aromatic rings. The van der Waals surface area contributed by atoms with E-state index in [1.54, 1.807) is 11.1 Å². The van der Waals surface area contributed by atoms with Crippen LogP contribution in [0.5, 0.6) is 5.75 Å². The number of aromatic nitrogens is 1. The van der Waals surface area contributed by atoms with Gasteiger partial charge in [-0.25, -0.2) is 4.98 Å². The zero-order valence-electron chi connectivity index (χ0n) is 18.5. The molecule has 0 radical (unpaired) electrons. The largest absolute Gasteiger partial charge is 0.482 e. The number of carbonyl (C=O) groups is 2. The predicted octanol–water partition coefficient (Wildman–Crippen LogP) is 4.09. The van der Waals surface area contributed by atoms with E-state index in [2.05, 4.69) is 10.3 Å². The molecule has 1 atom stereocenters. The summed E-state index contributed by atoms with van der Waals surface area (Å²) >= 11 is 0. The third-order valence-electron chi connectivity index (χ3n) is 5.99. The zero-order chi connectivity index (χ0) is 23.3. The minimum Gasteiger partial charge on any atom is -0.482 e. The molecule has 170 valence electrons. The van der Waals surface area contributed by atoms with Crippen molar-refractivity contribution in [3.63, 3.8) is 0 Å². The van der Waals surface area contributed by atoms with Crippen molar-refractivity contribution in [1.29, 1.82) is 0 Å². The van der Waals surface area contributed by atoms with E-state index in [9.17, 15) is 14.7 Å². The Morgan fingerprint density at radius 3 is 2.64 bits per heavy atom. The number of nitrogens with one attached hydrogen (secondary N) is 1. The maximum Gasteiger partial charge on any atom is 0.304 e. The molecule has 33 heavy (non-hydrogen) atoms. The van der Waals surface area contributed by atoms with Crippen LogP contribution in [-0.4, -0.2) is 41.7 Å². The van der Waals surface area contributed by atoms with E-state index in [1.165, 1.54) is 0 Å². The van der Waals surface area contributed by atoms with Crippen molar-refractivity contribution >= 4 is 23.4 Å². The molecule has 0 spiro atoms. The molecule has 2 aromatic carbocycles. The average molecular weight is 446 g/mol. The first-order valence-corrected chi connectivity index (χ1v) is 11.0. The summed E-state index contributed by atoms with van der Waals surface area (Å²) in [4.78, 5) is 30.2. The Labute approximate surface area is 193 Å². The first kappa shape index (κ1) is 22.3. The number of hydrogen-bond acceptors (Lipinski definition) is 5. The van der Waals surface area contributed by atoms with Crippen LogP contribution >= 0.6 is 0 Å². The minimum absolute atomic E-state index is 0.0366. The average Bonchev–Trinajstić information content (AvgIpc) is 2.83. The van der Waals surface area contributed by atoms with Gasteiger partial charge in [0.2, 0.25) is 0 Å². The SMILES string of the molecule is CC(CC(=O)O)(c1ccccc1)c1ccc2c(c1)OCC(=O)N2CCCNc1ccccn1. The standard InChI is InChI=1S/C26H27N3O4/c1-26(17-25(31)32,19-8-3-2-4-9-19)20-11-12-21-22(16-20)33-18-24(30)29(21)15-7-14-28-23-10-5-6-13-27-23/h2-6,8-13,16H,7,14-15,17-18H2,1H3,(H,27,28)(H,31,32). The molecule has 0 saturated carbocycles. The lowest BCUT2D eigenvalue weighted by Crippen LogP contribution is -2.40. The molecule has 4 rings (SSSR count). The number of amides is 1. The van der Waals surface area contributed by atoms with Crippen molar-refractivity contribution in [2.45, 2.75) is 25.2 Å². The molecular formula is C26H27N3O4. The van der Waals surface area contributed by atoms with Crippen molar-refractivity contribution in [2.75, 3.05) is 29.9 Å². The summed E-state index contributed by atoms with van der Waals surface area (Å²) in [5.74, 6) is 0.424. The van der Waals surface area contributed by atoms with E-state index in [0.717, 1.165) is 23.4 Å². The molecular weight excluding hydrogens is 418 g/mol. The highest BCUT2D eigenvalue weighted by Crippen LogP contribution is 2.41. The summed E-state index contributed by atoms with van der Waals surface area (Å²) in [5.41, 5.74) is 1.72. The second kappa shape index (κ2) is 9.73. The summed E-state index contributed by atoms with van der Waals surface area (Å²) in [6, 6.07) is 20.9. The molecule has 7 nitrogen and oxygen atoms in total. The third kappa shape index (κ3) is 4.98. The lowest BCUT2D eigenvalue weighted by atomic mass is 9.73. The highest BCUT2D eigenvalue weighted by Gasteiger charge is 2.34. The number of nitrogens with zero attached hydrogens (tertiary/aromatic N) is 2. The van der Waals surface area contributed by atoms with E-state index in [4.69, 9.17) is 4.74 Å². The van der Waals surface area contributed by atoms with Crippen LogP contribution in [0.15, 0.2) is 72.9 Å². The second-order valence-electron chi connectivity index (χ2n) is 8.28. The Morgan fingerprint density at radius 2 is 1.91 bits per heavy atom. The van der Waals surface area contributed by atoms with Gasteiger partial charge in [0.05, 0.1) is 12.1 Å². The molecule has 0 saturated heterocycles. The van der Waals surface area contributed by atoms with Gasteiger partial charge in [0.25, 0.3) is 5.91 Å². The summed E-state index contributed by atoms with van der Waals surface area (Å²) in [6.07, 6.45) is 2.41. The van der Waals surface area contributed by atoms with Gasteiger partial charge < -0.3 is 20.1 Å². The Morgan fingerprint density at radius 1 is 1.12 bits per heavy atom. The molecule has 1 aromatic heterocycles. The number of pyridine rings is 1. The normalized spacial score (nSPS) is 14.7. The van der Waals surface area contributed by atoms with Gasteiger partial charge in [0, 0.05) is 24.7 Å². The number of hydrogen-bond donors (Lipinski definition) is 2. The van der Waals surface area contributed by atoms with Crippen LogP contribution in [0.1, 0.15) is 30.9 Å². The van der Waals surface area contributed by atoms with Crippen LogP contribution in [0.2, 0.25) is 0 Å². The van der Waals surface area contributed by atoms with E-state index in [-0.39, 0.29) is 18.9 Å². The van der Waals surface area contributed by atoms with Gasteiger partial charge in [-0.1, -0.05) is 49.4 Å². The highest BCUT2D eigenvalue weighted by molar-refractivity contribution is 5.97. The molecule has 1 aliphatic heterocycles. The molecule has 7 heteroatoms. The monoisotopic (exact) mass is 445 g/mol. The molecule has 0 bridgehead atoms. The Bertz CT molecular complexity index is 1120. The Kier molecular flexibility index (Phi) is 6.58. The van der Waals surface area contributed by atoms with Gasteiger partial charge in [0.1, 0.15) is 11.6 Å². The van der Waals surface area contributed by atoms with Crippen molar-refractivity contribution < 1.29 is 19.4 Å². The maximum atomic E-state index is 12.6. The molecule has 0 fully saturated rings. The van der Waals surface area contributed by atoms with E-state index in [0.29, 0.717) is 24.5 Å². The summed E-state index contributed by atoms with van der Waals surface area (Å²) in [6.45, 7) is 3.11. The summed E-state index contributed by atoms with van der Waals surface area (Å²) < 4.78 is 5.75. The topological polar surface area (TPSA) is 91.8 Å². The number of fused-ring (bicyclic) bond motifs is 1. The number of carbonyl (C=O) groups excluding carboxylic acids is 1. The zero-order valence-corrected chi connectivity index (χ0v) is 18.5. The number of rotatable bonds is 9. The molecule has 2 N–H and O–H groups in total. The summed E-state index contributed by atoms with van der Waals surface area (Å²) in [7, 11) is 0. The van der Waals surface area contributed by atoms with E-state index < -0.39 is 11.4 Å². The van der Waals surface area contributed by atoms with Crippen molar-refractivity contribution in [3.05, 3.63) is 84.1 Å². The first-order valence-electron chi connectivity index (χ1n) is 11.0. The van der Waals surface area contributed by atoms with Gasteiger partial charge in [-0.15, -0.1) is 0 Å². The fourth-order valence-corrected chi connectivity index (χ4v) is 4.19. The molecule has 2 heterocycles. The number of aliphatic carboxylic acids is 1. The molecule has 1 aliphatic rings. The van der Waals surface area contributed by atoms with Crippen LogP contribution in [-0.2, 0) is 15.0 Å². The smallest absolute Gasteiger partial charge is 0.304 e. The van der Waals surface area contributed by atoms with Crippen LogP contribution in [0.4, 0.5) is 11.5 Å². The molecule has 0 aliphatic carbocycles. The molecule has 1 unspecified atom stereocenters. The number of ether oxygens (including phenoxy) is 1. The van der Waals surface area contributed by atoms with Gasteiger partial charge in [-0.05, 0) is 41.8 Å². The van der Waals surface area contributed by atoms with Crippen molar-refractivity contribution in [3.8, 4) is 5.75 Å². The highest BCUT2D eigenvalue weighted by atomic mass is 16.5. The fraction of sp³-hybridized carbons (Fsp3) is 0.269. The fourth-order valence-electron chi connectivity index (χ4n) is 4.19. The van der Waals surface area contributed by atoms with Crippen LogP contribution in [0, 0.1) is 0 Å². The summed E-state index contributed by atoms with van der Waals surface area (Å²) in [5, 5.41) is 12.8. The number of anilines is 2. The maximum absolute atomic E-state index is 12.6. The third-order valence-corrected chi connectivity index (χ3v) is 5.99. The van der Waals surface area contributed by atoms with Crippen LogP contribution in [0.3, 0.4) is 0 Å². The van der Waals surface area contributed by atoms with Gasteiger partial charge >= 0.3 is 5.97 Å². The quantitative estimate of drug-likeness (QED) is 0.482. The first-order chi connectivity index (χ1) is 16.0. The van der Waals surface area contributed by atoms with Crippen LogP contribution < -0.4 is 15.0 Å². The number of carboxylic acid groups (broad SMARTS) is 1. The van der Waals surface area contributed by atoms with Crippen molar-refractivity contribution in [2.24, 2.45) is 0 Å². The Balaban J connectivity index is 1.54. The lowest BCUT2D eigenvalue weighted by Gasteiger charge is -2.33. The van der Waals surface area contributed by atoms with Crippen LogP contribution in [0.25, 0.3) is 0 Å². The predicted molar refractivity (Wildman–Crippen MR) is 127 cm³/mol. The number of carboxylic acids is 1. The van der Waals surface area contributed by atoms with E-state index in [1.807, 2.05) is 73.7 Å². The Hall–Kier alpha value is -3.87. The van der Waals surface area contributed by atoms with E-state index >= 15 is 0 Å². The molecule has 1 amide bonds. The minimum atomic E-state index is -0.878. The van der Waals surface area contributed by atoms with Crippen molar-refractivity contribution in [1.82, 2.24) is 4.98 Å².